The maximum atomic E-state index is 13.9. The molecule has 1 unspecified atom stereocenters. The number of nitrogens with one attached hydrogen (secondary N) is 1. The van der Waals surface area contributed by atoms with Crippen molar-refractivity contribution in [3.8, 4) is 0 Å². The molecule has 0 aliphatic rings. The van der Waals surface area contributed by atoms with Gasteiger partial charge in [-0.05, 0) is 43.7 Å². The van der Waals surface area contributed by atoms with Crippen LogP contribution < -0.4 is 5.32 Å². The van der Waals surface area contributed by atoms with E-state index in [0.717, 1.165) is 10.0 Å². The summed E-state index contributed by atoms with van der Waals surface area (Å²) in [5.74, 6) is -0.198. The lowest BCUT2D eigenvalue weighted by Crippen LogP contribution is -2.23. The molecule has 2 rings (SSSR count). The number of hydrogen-bond acceptors (Lipinski definition) is 2. The van der Waals surface area contributed by atoms with Crippen molar-refractivity contribution >= 4 is 15.9 Å². The molecule has 0 saturated carbocycles. The number of hydrogen-bond donors (Lipinski definition) is 1. The number of aromatic nitrogens is 1. The van der Waals surface area contributed by atoms with E-state index in [1.165, 1.54) is 6.07 Å². The molecule has 100 valence electrons. The normalized spacial score (nSPS) is 14.1. The van der Waals surface area contributed by atoms with Crippen LogP contribution in [0.15, 0.2) is 47.2 Å². The summed E-state index contributed by atoms with van der Waals surface area (Å²) >= 11 is 3.27. The molecule has 0 radical (unpaired) electrons. The first-order chi connectivity index (χ1) is 9.08. The van der Waals surface area contributed by atoms with Gasteiger partial charge >= 0.3 is 0 Å². The lowest BCUT2D eigenvalue weighted by Gasteiger charge is -2.21. The second-order valence-corrected chi connectivity index (χ2v) is 5.47. The summed E-state index contributed by atoms with van der Waals surface area (Å²) in [4.78, 5) is 4.00. The molecule has 1 N–H and O–H groups in total. The Bertz CT molecular complexity index is 545. The highest BCUT2D eigenvalue weighted by atomic mass is 79.9. The summed E-state index contributed by atoms with van der Waals surface area (Å²) < 4.78 is 14.6. The fourth-order valence-electron chi connectivity index (χ4n) is 2.07. The average Bonchev–Trinajstić information content (AvgIpc) is 2.39. The SMILES string of the molecule is CC(N[C@@H](C)c1ccncc1)c1ccc(Br)cc1F. The molecule has 2 aromatic rings. The van der Waals surface area contributed by atoms with Crippen LogP contribution in [0.3, 0.4) is 0 Å². The Morgan fingerprint density at radius 1 is 1.11 bits per heavy atom. The average molecular weight is 323 g/mol. The van der Waals surface area contributed by atoms with Crippen molar-refractivity contribution in [1.82, 2.24) is 10.3 Å². The monoisotopic (exact) mass is 322 g/mol. The number of nitrogens with zero attached hydrogens (tertiary/aromatic N) is 1. The molecule has 1 heterocycles. The maximum Gasteiger partial charge on any atom is 0.129 e. The highest BCUT2D eigenvalue weighted by molar-refractivity contribution is 9.10. The Labute approximate surface area is 121 Å². The van der Waals surface area contributed by atoms with Crippen LogP contribution in [0.25, 0.3) is 0 Å². The van der Waals surface area contributed by atoms with Crippen LogP contribution in [0, 0.1) is 5.82 Å². The van der Waals surface area contributed by atoms with Gasteiger partial charge in [0.25, 0.3) is 0 Å². The summed E-state index contributed by atoms with van der Waals surface area (Å²) in [7, 11) is 0. The van der Waals surface area contributed by atoms with E-state index >= 15 is 0 Å². The molecule has 0 spiro atoms. The lowest BCUT2D eigenvalue weighted by atomic mass is 10.0. The van der Waals surface area contributed by atoms with E-state index in [1.807, 2.05) is 25.1 Å². The van der Waals surface area contributed by atoms with Crippen molar-refractivity contribution in [2.24, 2.45) is 0 Å². The third kappa shape index (κ3) is 3.61. The molecular weight excluding hydrogens is 307 g/mol. The van der Waals surface area contributed by atoms with Crippen molar-refractivity contribution in [2.45, 2.75) is 25.9 Å². The van der Waals surface area contributed by atoms with Gasteiger partial charge in [-0.25, -0.2) is 4.39 Å². The van der Waals surface area contributed by atoms with Crippen LogP contribution in [0.4, 0.5) is 4.39 Å². The smallest absolute Gasteiger partial charge is 0.129 e. The van der Waals surface area contributed by atoms with E-state index < -0.39 is 0 Å². The van der Waals surface area contributed by atoms with Gasteiger partial charge in [0.1, 0.15) is 5.82 Å². The van der Waals surface area contributed by atoms with Gasteiger partial charge < -0.3 is 5.32 Å². The van der Waals surface area contributed by atoms with Gasteiger partial charge in [-0.2, -0.15) is 0 Å². The topological polar surface area (TPSA) is 24.9 Å². The number of benzene rings is 1. The molecule has 2 nitrogen and oxygen atoms in total. The van der Waals surface area contributed by atoms with Gasteiger partial charge in [0.2, 0.25) is 0 Å². The number of halogens is 2. The Balaban J connectivity index is 2.10. The van der Waals surface area contributed by atoms with Gasteiger partial charge in [-0.3, -0.25) is 4.98 Å². The summed E-state index contributed by atoms with van der Waals surface area (Å²) in [5, 5.41) is 3.39. The molecule has 0 aliphatic heterocycles. The molecular formula is C15H16BrFN2. The Hall–Kier alpha value is -1.26. The van der Waals surface area contributed by atoms with Gasteiger partial charge in [0, 0.05) is 34.5 Å². The van der Waals surface area contributed by atoms with Crippen LogP contribution >= 0.6 is 15.9 Å². The predicted octanol–water partition coefficient (Wildman–Crippen LogP) is 4.40. The van der Waals surface area contributed by atoms with Crippen LogP contribution in [0.1, 0.15) is 37.1 Å². The molecule has 0 amide bonds. The Morgan fingerprint density at radius 3 is 2.42 bits per heavy atom. The van der Waals surface area contributed by atoms with Crippen LogP contribution in [-0.2, 0) is 0 Å². The number of pyridine rings is 1. The minimum atomic E-state index is -0.198. The van der Waals surface area contributed by atoms with E-state index in [2.05, 4.69) is 33.2 Å². The minimum absolute atomic E-state index is 0.0590. The molecule has 0 fully saturated rings. The second kappa shape index (κ2) is 6.26. The van der Waals surface area contributed by atoms with Crippen molar-refractivity contribution in [1.29, 1.82) is 0 Å². The zero-order valence-electron chi connectivity index (χ0n) is 10.9. The molecule has 1 aromatic carbocycles. The lowest BCUT2D eigenvalue weighted by molar-refractivity contribution is 0.473. The van der Waals surface area contributed by atoms with Gasteiger partial charge in [-0.1, -0.05) is 22.0 Å². The van der Waals surface area contributed by atoms with Crippen molar-refractivity contribution in [3.05, 3.63) is 64.1 Å². The molecule has 1 aromatic heterocycles. The summed E-state index contributed by atoms with van der Waals surface area (Å²) in [6, 6.07) is 9.15. The maximum absolute atomic E-state index is 13.9. The van der Waals surface area contributed by atoms with Crippen LogP contribution in [-0.4, -0.2) is 4.98 Å². The molecule has 4 heteroatoms. The van der Waals surface area contributed by atoms with E-state index in [4.69, 9.17) is 0 Å². The van der Waals surface area contributed by atoms with Gasteiger partial charge in [0.05, 0.1) is 0 Å². The van der Waals surface area contributed by atoms with Crippen molar-refractivity contribution < 1.29 is 4.39 Å². The zero-order chi connectivity index (χ0) is 13.8. The van der Waals surface area contributed by atoms with E-state index in [9.17, 15) is 4.39 Å². The predicted molar refractivity (Wildman–Crippen MR) is 78.3 cm³/mol. The summed E-state index contributed by atoms with van der Waals surface area (Å²) in [5.41, 5.74) is 1.81. The highest BCUT2D eigenvalue weighted by Gasteiger charge is 2.14. The van der Waals surface area contributed by atoms with Crippen LogP contribution in [0.5, 0.6) is 0 Å². The standard InChI is InChI=1S/C15H16BrFN2/c1-10(12-5-7-18-8-6-12)19-11(2)14-4-3-13(16)9-15(14)17/h3-11,19H,1-2H3/t10-,11?/m0/s1. The second-order valence-electron chi connectivity index (χ2n) is 4.56. The third-order valence-corrected chi connectivity index (χ3v) is 3.63. The largest absolute Gasteiger partial charge is 0.304 e. The van der Waals surface area contributed by atoms with Crippen LogP contribution in [0.2, 0.25) is 0 Å². The minimum Gasteiger partial charge on any atom is -0.304 e. The van der Waals surface area contributed by atoms with Gasteiger partial charge in [-0.15, -0.1) is 0 Å². The fourth-order valence-corrected chi connectivity index (χ4v) is 2.40. The Morgan fingerprint density at radius 2 is 1.79 bits per heavy atom. The van der Waals surface area contributed by atoms with E-state index in [-0.39, 0.29) is 17.9 Å². The first-order valence-electron chi connectivity index (χ1n) is 6.19. The van der Waals surface area contributed by atoms with Crippen molar-refractivity contribution in [3.63, 3.8) is 0 Å². The van der Waals surface area contributed by atoms with Gasteiger partial charge in [0.15, 0.2) is 0 Å². The molecule has 19 heavy (non-hydrogen) atoms. The van der Waals surface area contributed by atoms with E-state index in [1.54, 1.807) is 18.5 Å². The number of rotatable bonds is 4. The van der Waals surface area contributed by atoms with E-state index in [0.29, 0.717) is 5.56 Å². The molecule has 0 saturated heterocycles. The molecule has 2 atom stereocenters. The summed E-state index contributed by atoms with van der Waals surface area (Å²) in [6.07, 6.45) is 3.52. The summed E-state index contributed by atoms with van der Waals surface area (Å²) in [6.45, 7) is 4.02. The fraction of sp³-hybridized carbons (Fsp3) is 0.267. The zero-order valence-corrected chi connectivity index (χ0v) is 12.5. The quantitative estimate of drug-likeness (QED) is 0.902. The third-order valence-electron chi connectivity index (χ3n) is 3.14. The molecule has 0 aliphatic carbocycles. The first kappa shape index (κ1) is 14.2. The van der Waals surface area contributed by atoms with Crippen molar-refractivity contribution in [2.75, 3.05) is 0 Å². The first-order valence-corrected chi connectivity index (χ1v) is 6.98. The highest BCUT2D eigenvalue weighted by Crippen LogP contribution is 2.23. The molecule has 0 bridgehead atoms. The Kier molecular flexibility index (Phi) is 4.66.